The van der Waals surface area contributed by atoms with Crippen LogP contribution in [0, 0.1) is 5.82 Å². The summed E-state index contributed by atoms with van der Waals surface area (Å²) >= 11 is 0. The van der Waals surface area contributed by atoms with E-state index in [1.807, 2.05) is 13.8 Å². The summed E-state index contributed by atoms with van der Waals surface area (Å²) in [6.07, 6.45) is -0.0606. The van der Waals surface area contributed by atoms with E-state index in [9.17, 15) is 29.0 Å². The highest BCUT2D eigenvalue weighted by Crippen LogP contribution is 2.42. The molecule has 2 saturated heterocycles. The van der Waals surface area contributed by atoms with Gasteiger partial charge in [0.1, 0.15) is 11.9 Å². The van der Waals surface area contributed by atoms with Gasteiger partial charge in [0.15, 0.2) is 0 Å². The zero-order chi connectivity index (χ0) is 27.4. The minimum atomic E-state index is -2.80. The molecule has 2 aromatic carbocycles. The molecule has 204 valence electrons. The van der Waals surface area contributed by atoms with E-state index in [4.69, 9.17) is 4.74 Å². The van der Waals surface area contributed by atoms with Crippen molar-refractivity contribution in [1.82, 2.24) is 15.1 Å². The Morgan fingerprint density at radius 3 is 2.58 bits per heavy atom. The van der Waals surface area contributed by atoms with Crippen molar-refractivity contribution >= 4 is 23.4 Å². The van der Waals surface area contributed by atoms with Crippen molar-refractivity contribution in [1.29, 1.82) is 0 Å². The summed E-state index contributed by atoms with van der Waals surface area (Å²) in [7, 11) is 0. The molecule has 0 aromatic heterocycles. The fourth-order valence-electron chi connectivity index (χ4n) is 4.99. The second-order valence-corrected chi connectivity index (χ2v) is 9.17. The average Bonchev–Trinajstić information content (AvgIpc) is 3.12. The SMILES string of the molecule is CC.O=C1CCC(N2C(=O)c3cccc(NCc4cc(CN5CCOCC5)ccc4F)c3C2(O)O)C(=O)N1. The Labute approximate surface area is 220 Å². The van der Waals surface area contributed by atoms with Crippen molar-refractivity contribution < 1.29 is 33.7 Å². The van der Waals surface area contributed by atoms with Crippen LogP contribution in [0.4, 0.5) is 10.1 Å². The van der Waals surface area contributed by atoms with Gasteiger partial charge >= 0.3 is 0 Å². The molecule has 0 aliphatic carbocycles. The largest absolute Gasteiger partial charge is 0.380 e. The monoisotopic (exact) mass is 528 g/mol. The molecule has 3 amide bonds. The number of imide groups is 1. The predicted octanol–water partition coefficient (Wildman–Crippen LogP) is 1.65. The lowest BCUT2D eigenvalue weighted by Crippen LogP contribution is -2.58. The molecule has 10 nitrogen and oxygen atoms in total. The first-order valence-electron chi connectivity index (χ1n) is 12.8. The third-order valence-electron chi connectivity index (χ3n) is 6.80. The minimum absolute atomic E-state index is 0.0104. The molecule has 0 radical (unpaired) electrons. The maximum absolute atomic E-state index is 14.6. The number of piperidine rings is 1. The predicted molar refractivity (Wildman–Crippen MR) is 136 cm³/mol. The lowest BCUT2D eigenvalue weighted by molar-refractivity contribution is -0.258. The van der Waals surface area contributed by atoms with Crippen LogP contribution in [0.25, 0.3) is 0 Å². The van der Waals surface area contributed by atoms with E-state index in [1.165, 1.54) is 12.1 Å². The second-order valence-electron chi connectivity index (χ2n) is 9.17. The van der Waals surface area contributed by atoms with Gasteiger partial charge in [-0.25, -0.2) is 4.39 Å². The Bertz CT molecular complexity index is 1210. The van der Waals surface area contributed by atoms with Crippen LogP contribution in [0.3, 0.4) is 0 Å². The smallest absolute Gasteiger partial charge is 0.281 e. The van der Waals surface area contributed by atoms with Gasteiger partial charge in [-0.3, -0.25) is 29.5 Å². The second kappa shape index (κ2) is 11.6. The lowest BCUT2D eigenvalue weighted by Gasteiger charge is -2.36. The fourth-order valence-corrected chi connectivity index (χ4v) is 4.99. The van der Waals surface area contributed by atoms with Gasteiger partial charge in [0.2, 0.25) is 11.8 Å². The zero-order valence-electron chi connectivity index (χ0n) is 21.5. The number of hydrogen-bond donors (Lipinski definition) is 4. The number of amides is 3. The number of benzene rings is 2. The van der Waals surface area contributed by atoms with Gasteiger partial charge in [-0.1, -0.05) is 26.0 Å². The normalized spacial score (nSPS) is 20.9. The molecule has 38 heavy (non-hydrogen) atoms. The topological polar surface area (TPSA) is 131 Å². The third kappa shape index (κ3) is 5.41. The minimum Gasteiger partial charge on any atom is -0.380 e. The highest BCUT2D eigenvalue weighted by atomic mass is 19.1. The van der Waals surface area contributed by atoms with Crippen molar-refractivity contribution in [3.05, 3.63) is 64.5 Å². The Balaban J connectivity index is 0.00000164. The Morgan fingerprint density at radius 1 is 1.13 bits per heavy atom. The van der Waals surface area contributed by atoms with Crippen LogP contribution >= 0.6 is 0 Å². The molecule has 5 rings (SSSR count). The van der Waals surface area contributed by atoms with E-state index in [0.717, 1.165) is 18.7 Å². The maximum atomic E-state index is 14.6. The van der Waals surface area contributed by atoms with Gasteiger partial charge in [0.05, 0.1) is 24.3 Å². The molecule has 1 unspecified atom stereocenters. The number of rotatable bonds is 6. The van der Waals surface area contributed by atoms with Crippen LogP contribution < -0.4 is 10.6 Å². The Morgan fingerprint density at radius 2 is 1.87 bits per heavy atom. The summed E-state index contributed by atoms with van der Waals surface area (Å²) in [5.74, 6) is -5.21. The molecule has 3 aliphatic heterocycles. The van der Waals surface area contributed by atoms with Gasteiger partial charge in [-0.2, -0.15) is 0 Å². The summed E-state index contributed by atoms with van der Waals surface area (Å²) in [5.41, 5.74) is 1.43. The van der Waals surface area contributed by atoms with Crippen LogP contribution in [-0.2, 0) is 33.3 Å². The van der Waals surface area contributed by atoms with Crippen molar-refractivity contribution in [2.75, 3.05) is 31.6 Å². The average molecular weight is 529 g/mol. The van der Waals surface area contributed by atoms with E-state index in [0.29, 0.717) is 30.2 Å². The van der Waals surface area contributed by atoms with Crippen molar-refractivity contribution in [2.24, 2.45) is 0 Å². The maximum Gasteiger partial charge on any atom is 0.281 e. The number of morpholine rings is 1. The summed E-state index contributed by atoms with van der Waals surface area (Å²) in [6, 6.07) is 8.22. The number of anilines is 1. The summed E-state index contributed by atoms with van der Waals surface area (Å²) in [5, 5.41) is 27.2. The summed E-state index contributed by atoms with van der Waals surface area (Å²) in [4.78, 5) is 39.9. The highest BCUT2D eigenvalue weighted by Gasteiger charge is 2.54. The fraction of sp³-hybridized carbons (Fsp3) is 0.444. The summed E-state index contributed by atoms with van der Waals surface area (Å²) < 4.78 is 20.0. The molecule has 11 heteroatoms. The zero-order valence-corrected chi connectivity index (χ0v) is 21.5. The number of nitrogens with zero attached hydrogens (tertiary/aromatic N) is 2. The number of carbonyl (C=O) groups excluding carboxylic acids is 3. The lowest BCUT2D eigenvalue weighted by atomic mass is 10.0. The van der Waals surface area contributed by atoms with Gasteiger partial charge in [-0.15, -0.1) is 0 Å². The molecular formula is C27H33FN4O6. The van der Waals surface area contributed by atoms with Crippen LogP contribution in [0.1, 0.15) is 53.7 Å². The van der Waals surface area contributed by atoms with Crippen LogP contribution in [0.5, 0.6) is 0 Å². The number of fused-ring (bicyclic) bond motifs is 1. The standard InChI is InChI=1S/C25H27FN4O6.C2H6/c26-18-5-4-15(14-29-8-10-36-11-9-29)12-16(18)13-27-19-3-1-2-17-22(19)25(34,35)30(24(17)33)20-6-7-21(31)28-23(20)32;1-2/h1-5,12,20,27,34-35H,6-11,13-14H2,(H,28,31,32);1-2H3. The van der Waals surface area contributed by atoms with Gasteiger partial charge < -0.3 is 20.3 Å². The Hall–Kier alpha value is -3.38. The molecule has 2 fully saturated rings. The van der Waals surface area contributed by atoms with E-state index in [1.54, 1.807) is 24.3 Å². The van der Waals surface area contributed by atoms with Gasteiger partial charge in [0, 0.05) is 43.9 Å². The first kappa shape index (κ1) is 27.6. The van der Waals surface area contributed by atoms with E-state index in [2.05, 4.69) is 15.5 Å². The highest BCUT2D eigenvalue weighted by molar-refractivity contribution is 6.06. The molecule has 3 aliphatic rings. The first-order chi connectivity index (χ1) is 18.3. The third-order valence-corrected chi connectivity index (χ3v) is 6.80. The number of hydrogen-bond acceptors (Lipinski definition) is 8. The van der Waals surface area contributed by atoms with Crippen LogP contribution in [-0.4, -0.2) is 70.1 Å². The number of halogens is 1. The summed E-state index contributed by atoms with van der Waals surface area (Å²) in [6.45, 7) is 7.60. The van der Waals surface area contributed by atoms with Crippen molar-refractivity contribution in [3.63, 3.8) is 0 Å². The molecule has 0 bridgehead atoms. The molecule has 3 heterocycles. The number of ether oxygens (including phenoxy) is 1. The quantitative estimate of drug-likeness (QED) is 0.329. The molecule has 2 aromatic rings. The number of nitrogens with one attached hydrogen (secondary N) is 2. The van der Waals surface area contributed by atoms with E-state index >= 15 is 0 Å². The number of carbonyl (C=O) groups is 3. The van der Waals surface area contributed by atoms with Crippen molar-refractivity contribution in [3.8, 4) is 0 Å². The molecule has 4 N–H and O–H groups in total. The Kier molecular flexibility index (Phi) is 8.41. The van der Waals surface area contributed by atoms with Gasteiger partial charge in [0.25, 0.3) is 11.8 Å². The van der Waals surface area contributed by atoms with Gasteiger partial charge in [-0.05, 0) is 36.2 Å². The molecular weight excluding hydrogens is 495 g/mol. The first-order valence-corrected chi connectivity index (χ1v) is 12.8. The van der Waals surface area contributed by atoms with Crippen LogP contribution in [0.2, 0.25) is 0 Å². The molecule has 1 atom stereocenters. The molecule has 0 spiro atoms. The molecule has 0 saturated carbocycles. The van der Waals surface area contributed by atoms with Crippen LogP contribution in [0.15, 0.2) is 36.4 Å². The van der Waals surface area contributed by atoms with E-state index < -0.39 is 35.5 Å². The number of aliphatic hydroxyl groups is 2. The van der Waals surface area contributed by atoms with Crippen molar-refractivity contribution in [2.45, 2.75) is 51.7 Å². The van der Waals surface area contributed by atoms with E-state index in [-0.39, 0.29) is 36.2 Å².